The maximum absolute atomic E-state index is 13.0. The van der Waals surface area contributed by atoms with Crippen molar-refractivity contribution in [1.29, 1.82) is 0 Å². The summed E-state index contributed by atoms with van der Waals surface area (Å²) in [6.07, 6.45) is 1.87. The van der Waals surface area contributed by atoms with Gasteiger partial charge < -0.3 is 5.32 Å². The molecule has 1 saturated heterocycles. The summed E-state index contributed by atoms with van der Waals surface area (Å²) in [4.78, 5) is 17.4. The largest absolute Gasteiger partial charge is 0.349 e. The molecule has 30 heavy (non-hydrogen) atoms. The van der Waals surface area contributed by atoms with E-state index in [-0.39, 0.29) is 17.8 Å². The second kappa shape index (κ2) is 10.7. The van der Waals surface area contributed by atoms with Gasteiger partial charge in [0.05, 0.1) is 0 Å². The minimum atomic E-state index is -0.198. The van der Waals surface area contributed by atoms with Gasteiger partial charge in [0, 0.05) is 43.8 Å². The molecule has 0 bridgehead atoms. The molecule has 2 aromatic rings. The van der Waals surface area contributed by atoms with E-state index in [4.69, 9.17) is 0 Å². The summed E-state index contributed by atoms with van der Waals surface area (Å²) in [5, 5.41) is 3.19. The topological polar surface area (TPSA) is 35.6 Å². The van der Waals surface area contributed by atoms with Crippen molar-refractivity contribution in [2.45, 2.75) is 58.8 Å². The van der Waals surface area contributed by atoms with Crippen LogP contribution in [0.25, 0.3) is 0 Å². The molecule has 1 amide bonds. The molecule has 0 spiro atoms. The van der Waals surface area contributed by atoms with Gasteiger partial charge in [0.15, 0.2) is 0 Å². The Morgan fingerprint density at radius 1 is 1.07 bits per heavy atom. The van der Waals surface area contributed by atoms with Crippen LogP contribution in [-0.2, 0) is 13.1 Å². The van der Waals surface area contributed by atoms with E-state index >= 15 is 0 Å². The lowest BCUT2D eigenvalue weighted by Crippen LogP contribution is -2.44. The highest BCUT2D eigenvalue weighted by atomic mass is 19.1. The number of benzene rings is 2. The molecule has 0 aromatic heterocycles. The number of likely N-dealkylation sites (tertiary alicyclic amines) is 1. The summed E-state index contributed by atoms with van der Waals surface area (Å²) >= 11 is 0. The molecule has 4 nitrogen and oxygen atoms in total. The maximum Gasteiger partial charge on any atom is 0.251 e. The first-order valence-electron chi connectivity index (χ1n) is 11.0. The Kier molecular flexibility index (Phi) is 8.00. The minimum Gasteiger partial charge on any atom is -0.349 e. The van der Waals surface area contributed by atoms with E-state index in [0.717, 1.165) is 56.7 Å². The van der Waals surface area contributed by atoms with Gasteiger partial charge in [-0.15, -0.1) is 0 Å². The molecule has 1 N–H and O–H groups in total. The lowest BCUT2D eigenvalue weighted by Gasteiger charge is -2.32. The molecule has 1 heterocycles. The van der Waals surface area contributed by atoms with Crippen LogP contribution in [-0.4, -0.2) is 47.4 Å². The molecule has 0 radical (unpaired) electrons. The van der Waals surface area contributed by atoms with Crippen LogP contribution in [0.4, 0.5) is 4.39 Å². The van der Waals surface area contributed by atoms with E-state index in [1.54, 1.807) is 0 Å². The number of halogens is 1. The van der Waals surface area contributed by atoms with Crippen molar-refractivity contribution in [3.63, 3.8) is 0 Å². The summed E-state index contributed by atoms with van der Waals surface area (Å²) in [5.74, 6) is -0.189. The van der Waals surface area contributed by atoms with Crippen LogP contribution in [0.5, 0.6) is 0 Å². The zero-order chi connectivity index (χ0) is 21.5. The first kappa shape index (κ1) is 22.4. The molecule has 3 rings (SSSR count). The predicted octanol–water partition coefficient (Wildman–Crippen LogP) is 4.45. The van der Waals surface area contributed by atoms with Crippen LogP contribution >= 0.6 is 0 Å². The predicted molar refractivity (Wildman–Crippen MR) is 120 cm³/mol. The van der Waals surface area contributed by atoms with Gasteiger partial charge in [-0.3, -0.25) is 14.6 Å². The molecule has 2 aromatic carbocycles. The van der Waals surface area contributed by atoms with Crippen molar-refractivity contribution >= 4 is 5.91 Å². The van der Waals surface area contributed by atoms with Gasteiger partial charge in [-0.25, -0.2) is 4.39 Å². The van der Waals surface area contributed by atoms with Crippen molar-refractivity contribution in [2.75, 3.05) is 19.6 Å². The second-order valence-electron chi connectivity index (χ2n) is 8.50. The molecule has 1 fully saturated rings. The highest BCUT2D eigenvalue weighted by molar-refractivity contribution is 5.94. The Morgan fingerprint density at radius 3 is 2.23 bits per heavy atom. The van der Waals surface area contributed by atoms with Gasteiger partial charge in [-0.1, -0.05) is 31.2 Å². The highest BCUT2D eigenvalue weighted by Crippen LogP contribution is 2.16. The normalized spacial score (nSPS) is 15.7. The Bertz CT molecular complexity index is 796. The number of nitrogens with zero attached hydrogens (tertiary/aromatic N) is 2. The van der Waals surface area contributed by atoms with Gasteiger partial charge in [-0.05, 0) is 68.6 Å². The van der Waals surface area contributed by atoms with E-state index in [1.807, 2.05) is 24.3 Å². The third-order valence-corrected chi connectivity index (χ3v) is 5.98. The third kappa shape index (κ3) is 6.38. The number of carbonyl (C=O) groups is 1. The van der Waals surface area contributed by atoms with Crippen molar-refractivity contribution in [2.24, 2.45) is 0 Å². The number of hydrogen-bond donors (Lipinski definition) is 1. The Morgan fingerprint density at radius 2 is 1.67 bits per heavy atom. The summed E-state index contributed by atoms with van der Waals surface area (Å²) < 4.78 is 13.0. The molecule has 1 aliphatic heterocycles. The highest BCUT2D eigenvalue weighted by Gasteiger charge is 2.21. The van der Waals surface area contributed by atoms with E-state index in [9.17, 15) is 9.18 Å². The molecule has 1 aliphatic rings. The van der Waals surface area contributed by atoms with Crippen molar-refractivity contribution in [1.82, 2.24) is 15.1 Å². The number of nitrogens with one attached hydrogen (secondary N) is 1. The molecule has 0 atom stereocenters. The first-order chi connectivity index (χ1) is 14.4. The fourth-order valence-corrected chi connectivity index (χ4v) is 4.01. The zero-order valence-corrected chi connectivity index (χ0v) is 18.4. The Hall–Kier alpha value is -2.24. The number of piperidine rings is 1. The van der Waals surface area contributed by atoms with Crippen LogP contribution in [0.2, 0.25) is 0 Å². The maximum atomic E-state index is 13.0. The van der Waals surface area contributed by atoms with Gasteiger partial charge in [0.25, 0.3) is 5.91 Å². The van der Waals surface area contributed by atoms with Crippen molar-refractivity contribution in [3.8, 4) is 0 Å². The lowest BCUT2D eigenvalue weighted by atomic mass is 10.0. The Balaban J connectivity index is 1.45. The van der Waals surface area contributed by atoms with Gasteiger partial charge >= 0.3 is 0 Å². The van der Waals surface area contributed by atoms with Crippen molar-refractivity contribution in [3.05, 3.63) is 71.0 Å². The fourth-order valence-electron chi connectivity index (χ4n) is 4.01. The van der Waals surface area contributed by atoms with Crippen LogP contribution in [0.1, 0.15) is 55.1 Å². The second-order valence-corrected chi connectivity index (χ2v) is 8.50. The average Bonchev–Trinajstić information content (AvgIpc) is 2.75. The van der Waals surface area contributed by atoms with Crippen LogP contribution in [0.15, 0.2) is 48.5 Å². The van der Waals surface area contributed by atoms with E-state index in [0.29, 0.717) is 6.04 Å². The Labute approximate surface area is 180 Å². The molecule has 162 valence electrons. The molecular formula is C25H34FN3O. The minimum absolute atomic E-state index is 0.00902. The smallest absolute Gasteiger partial charge is 0.251 e. The fraction of sp³-hybridized carbons (Fsp3) is 0.480. The zero-order valence-electron chi connectivity index (χ0n) is 18.4. The van der Waals surface area contributed by atoms with E-state index < -0.39 is 0 Å². The standard InChI is InChI=1S/C25H34FN3O/c1-4-29(19(2)3)18-21-5-9-22(10-6-21)25(30)27-24-13-15-28(16-14-24)17-20-7-11-23(26)12-8-20/h5-12,19,24H,4,13-18H2,1-3H3,(H,27,30). The summed E-state index contributed by atoms with van der Waals surface area (Å²) in [5.41, 5.74) is 3.08. The van der Waals surface area contributed by atoms with E-state index in [2.05, 4.69) is 48.0 Å². The van der Waals surface area contributed by atoms with Crippen LogP contribution < -0.4 is 5.32 Å². The number of carbonyl (C=O) groups excluding carboxylic acids is 1. The third-order valence-electron chi connectivity index (χ3n) is 5.98. The lowest BCUT2D eigenvalue weighted by molar-refractivity contribution is 0.0909. The average molecular weight is 412 g/mol. The summed E-state index contributed by atoms with van der Waals surface area (Å²) in [6.45, 7) is 11.2. The number of rotatable bonds is 8. The first-order valence-corrected chi connectivity index (χ1v) is 11.0. The van der Waals surface area contributed by atoms with Gasteiger partial charge in [0.2, 0.25) is 0 Å². The molecule has 0 saturated carbocycles. The number of amides is 1. The SMILES string of the molecule is CCN(Cc1ccc(C(=O)NC2CCN(Cc3ccc(F)cc3)CC2)cc1)C(C)C. The van der Waals surface area contributed by atoms with Gasteiger partial charge in [0.1, 0.15) is 5.82 Å². The monoisotopic (exact) mass is 411 g/mol. The molecule has 5 heteroatoms. The molecule has 0 aliphatic carbocycles. The molecule has 0 unspecified atom stereocenters. The van der Waals surface area contributed by atoms with E-state index in [1.165, 1.54) is 17.7 Å². The quantitative estimate of drug-likeness (QED) is 0.697. The van der Waals surface area contributed by atoms with Crippen molar-refractivity contribution < 1.29 is 9.18 Å². The van der Waals surface area contributed by atoms with Crippen LogP contribution in [0.3, 0.4) is 0 Å². The number of hydrogen-bond acceptors (Lipinski definition) is 3. The summed E-state index contributed by atoms with van der Waals surface area (Å²) in [7, 11) is 0. The van der Waals surface area contributed by atoms with Crippen LogP contribution in [0, 0.1) is 5.82 Å². The molecular weight excluding hydrogens is 377 g/mol. The summed E-state index contributed by atoms with van der Waals surface area (Å²) in [6, 6.07) is 15.4. The van der Waals surface area contributed by atoms with Gasteiger partial charge in [-0.2, -0.15) is 0 Å².